The molecule has 0 aliphatic rings. The summed E-state index contributed by atoms with van der Waals surface area (Å²) in [5, 5.41) is 2.94. The van der Waals surface area contributed by atoms with Crippen LogP contribution >= 0.6 is 0 Å². The minimum atomic E-state index is 0.0371. The average molecular weight is 313 g/mol. The molecule has 0 atom stereocenters. The van der Waals surface area contributed by atoms with Gasteiger partial charge in [0, 0.05) is 19.0 Å². The molecule has 0 heterocycles. The highest BCUT2D eigenvalue weighted by atomic mass is 16.5. The highest BCUT2D eigenvalue weighted by molar-refractivity contribution is 5.76. The van der Waals surface area contributed by atoms with Crippen LogP contribution in [-0.2, 0) is 17.8 Å². The first kappa shape index (κ1) is 16.9. The van der Waals surface area contributed by atoms with Gasteiger partial charge in [-0.1, -0.05) is 24.3 Å². The van der Waals surface area contributed by atoms with Gasteiger partial charge in [-0.2, -0.15) is 0 Å². The number of amides is 1. The lowest BCUT2D eigenvalue weighted by Gasteiger charge is -2.10. The van der Waals surface area contributed by atoms with Crippen LogP contribution < -0.4 is 14.8 Å². The predicted molar refractivity (Wildman–Crippen MR) is 90.9 cm³/mol. The zero-order chi connectivity index (χ0) is 16.7. The van der Waals surface area contributed by atoms with Crippen LogP contribution in [0.2, 0.25) is 0 Å². The molecule has 0 saturated heterocycles. The molecule has 0 fully saturated rings. The molecule has 4 heteroatoms. The Balaban J connectivity index is 1.88. The molecule has 0 aliphatic carbocycles. The maximum absolute atomic E-state index is 12.0. The fraction of sp³-hybridized carbons (Fsp3) is 0.316. The first-order valence-corrected chi connectivity index (χ1v) is 7.65. The third-order valence-corrected chi connectivity index (χ3v) is 3.78. The Hall–Kier alpha value is -2.49. The minimum absolute atomic E-state index is 0.0371. The Bertz CT molecular complexity index is 645. The minimum Gasteiger partial charge on any atom is -0.497 e. The molecule has 23 heavy (non-hydrogen) atoms. The quantitative estimate of drug-likeness (QED) is 0.853. The van der Waals surface area contributed by atoms with Crippen molar-refractivity contribution >= 4 is 5.91 Å². The molecule has 0 radical (unpaired) electrons. The van der Waals surface area contributed by atoms with Gasteiger partial charge in [0.05, 0.1) is 14.2 Å². The van der Waals surface area contributed by atoms with Crippen LogP contribution in [0, 0.1) is 6.92 Å². The van der Waals surface area contributed by atoms with E-state index in [1.807, 2.05) is 30.3 Å². The molecule has 0 aromatic heterocycles. The van der Waals surface area contributed by atoms with Crippen molar-refractivity contribution in [3.63, 3.8) is 0 Å². The van der Waals surface area contributed by atoms with Crippen LogP contribution in [0.3, 0.4) is 0 Å². The van der Waals surface area contributed by atoms with Crippen molar-refractivity contribution in [3.05, 3.63) is 59.2 Å². The summed E-state index contributed by atoms with van der Waals surface area (Å²) in [7, 11) is 3.22. The van der Waals surface area contributed by atoms with Gasteiger partial charge in [0.2, 0.25) is 5.91 Å². The third kappa shape index (κ3) is 5.02. The molecule has 4 nitrogen and oxygen atoms in total. The Kier molecular flexibility index (Phi) is 6.03. The van der Waals surface area contributed by atoms with Gasteiger partial charge in [-0.05, 0) is 42.2 Å². The summed E-state index contributed by atoms with van der Waals surface area (Å²) < 4.78 is 10.5. The number of hydrogen-bond donors (Lipinski definition) is 1. The molecular formula is C19H23NO3. The smallest absolute Gasteiger partial charge is 0.220 e. The summed E-state index contributed by atoms with van der Waals surface area (Å²) in [6, 6.07) is 13.7. The zero-order valence-electron chi connectivity index (χ0n) is 13.9. The summed E-state index contributed by atoms with van der Waals surface area (Å²) in [5.74, 6) is 1.47. The van der Waals surface area contributed by atoms with Crippen LogP contribution in [-0.4, -0.2) is 20.1 Å². The highest BCUT2D eigenvalue weighted by Crippen LogP contribution is 2.22. The molecule has 0 spiro atoms. The van der Waals surface area contributed by atoms with Gasteiger partial charge in [-0.15, -0.1) is 0 Å². The molecule has 0 bridgehead atoms. The predicted octanol–water partition coefficient (Wildman–Crippen LogP) is 3.26. The number of carbonyl (C=O) groups excluding carboxylic acids is 1. The van der Waals surface area contributed by atoms with Gasteiger partial charge in [0.15, 0.2) is 0 Å². The molecule has 1 N–H and O–H groups in total. The molecule has 2 rings (SSSR count). The van der Waals surface area contributed by atoms with E-state index in [0.29, 0.717) is 24.5 Å². The standard InChI is InChI=1S/C19H23NO3/c1-14-6-4-5-7-16(14)8-9-19(21)20-13-15-10-17(22-2)12-18(11-15)23-3/h4-7,10-12H,8-9,13H2,1-3H3,(H,20,21). The van der Waals surface area contributed by atoms with Crippen molar-refractivity contribution in [3.8, 4) is 11.5 Å². The van der Waals surface area contributed by atoms with Gasteiger partial charge in [-0.25, -0.2) is 0 Å². The van der Waals surface area contributed by atoms with E-state index in [2.05, 4.69) is 24.4 Å². The highest BCUT2D eigenvalue weighted by Gasteiger charge is 2.06. The monoisotopic (exact) mass is 313 g/mol. The van der Waals surface area contributed by atoms with E-state index < -0.39 is 0 Å². The number of ether oxygens (including phenoxy) is 2. The van der Waals surface area contributed by atoms with Gasteiger partial charge in [0.1, 0.15) is 11.5 Å². The second-order valence-electron chi connectivity index (χ2n) is 5.42. The molecule has 0 saturated carbocycles. The number of aryl methyl sites for hydroxylation is 2. The van der Waals surface area contributed by atoms with Crippen molar-refractivity contribution in [2.45, 2.75) is 26.3 Å². The van der Waals surface area contributed by atoms with Crippen molar-refractivity contribution in [1.82, 2.24) is 5.32 Å². The van der Waals surface area contributed by atoms with E-state index in [-0.39, 0.29) is 5.91 Å². The van der Waals surface area contributed by atoms with Gasteiger partial charge >= 0.3 is 0 Å². The Labute approximate surface area is 137 Å². The van der Waals surface area contributed by atoms with Crippen molar-refractivity contribution in [1.29, 1.82) is 0 Å². The van der Waals surface area contributed by atoms with E-state index >= 15 is 0 Å². The van der Waals surface area contributed by atoms with E-state index in [4.69, 9.17) is 9.47 Å². The maximum atomic E-state index is 12.0. The third-order valence-electron chi connectivity index (χ3n) is 3.78. The summed E-state index contributed by atoms with van der Waals surface area (Å²) >= 11 is 0. The first-order chi connectivity index (χ1) is 11.1. The number of methoxy groups -OCH3 is 2. The lowest BCUT2D eigenvalue weighted by Crippen LogP contribution is -2.23. The number of hydrogen-bond acceptors (Lipinski definition) is 3. The molecule has 1 amide bonds. The van der Waals surface area contributed by atoms with Crippen molar-refractivity contribution in [2.24, 2.45) is 0 Å². The Morgan fingerprint density at radius 1 is 1.04 bits per heavy atom. The molecular weight excluding hydrogens is 290 g/mol. The number of rotatable bonds is 7. The largest absolute Gasteiger partial charge is 0.497 e. The maximum Gasteiger partial charge on any atom is 0.220 e. The fourth-order valence-electron chi connectivity index (χ4n) is 2.40. The van der Waals surface area contributed by atoms with Crippen molar-refractivity contribution < 1.29 is 14.3 Å². The SMILES string of the molecule is COc1cc(CNC(=O)CCc2ccccc2C)cc(OC)c1. The summed E-state index contributed by atoms with van der Waals surface area (Å²) in [4.78, 5) is 12.0. The van der Waals surface area contributed by atoms with E-state index in [9.17, 15) is 4.79 Å². The molecule has 122 valence electrons. The van der Waals surface area contributed by atoms with E-state index in [0.717, 1.165) is 12.0 Å². The summed E-state index contributed by atoms with van der Waals surface area (Å²) in [5.41, 5.74) is 3.38. The number of benzene rings is 2. The van der Waals surface area contributed by atoms with Gasteiger partial charge in [-0.3, -0.25) is 4.79 Å². The Morgan fingerprint density at radius 2 is 1.70 bits per heavy atom. The second kappa shape index (κ2) is 8.22. The van der Waals surface area contributed by atoms with Crippen LogP contribution in [0.5, 0.6) is 11.5 Å². The normalized spacial score (nSPS) is 10.2. The Morgan fingerprint density at radius 3 is 2.30 bits per heavy atom. The van der Waals surface area contributed by atoms with Gasteiger partial charge < -0.3 is 14.8 Å². The zero-order valence-corrected chi connectivity index (χ0v) is 13.9. The molecule has 0 aliphatic heterocycles. The molecule has 0 unspecified atom stereocenters. The first-order valence-electron chi connectivity index (χ1n) is 7.65. The van der Waals surface area contributed by atoms with Gasteiger partial charge in [0.25, 0.3) is 0 Å². The lowest BCUT2D eigenvalue weighted by molar-refractivity contribution is -0.121. The van der Waals surface area contributed by atoms with Crippen LogP contribution in [0.1, 0.15) is 23.1 Å². The number of carbonyl (C=O) groups is 1. The molecule has 2 aromatic carbocycles. The molecule has 2 aromatic rings. The summed E-state index contributed by atoms with van der Waals surface area (Å²) in [6.45, 7) is 2.52. The van der Waals surface area contributed by atoms with E-state index in [1.54, 1.807) is 14.2 Å². The van der Waals surface area contributed by atoms with Crippen LogP contribution in [0.4, 0.5) is 0 Å². The van der Waals surface area contributed by atoms with Crippen LogP contribution in [0.25, 0.3) is 0 Å². The second-order valence-corrected chi connectivity index (χ2v) is 5.42. The lowest BCUT2D eigenvalue weighted by atomic mass is 10.0. The number of nitrogens with one attached hydrogen (secondary N) is 1. The van der Waals surface area contributed by atoms with E-state index in [1.165, 1.54) is 11.1 Å². The topological polar surface area (TPSA) is 47.6 Å². The van der Waals surface area contributed by atoms with Crippen LogP contribution in [0.15, 0.2) is 42.5 Å². The fourth-order valence-corrected chi connectivity index (χ4v) is 2.40. The summed E-state index contributed by atoms with van der Waals surface area (Å²) in [6.07, 6.45) is 1.23. The van der Waals surface area contributed by atoms with Crippen molar-refractivity contribution in [2.75, 3.05) is 14.2 Å². The average Bonchev–Trinajstić information content (AvgIpc) is 2.58.